The first kappa shape index (κ1) is 32.3. The number of hydrogen-bond acceptors (Lipinski definition) is 8. The fraction of sp³-hybridized carbons (Fsp3) is 0.278. The summed E-state index contributed by atoms with van der Waals surface area (Å²) in [6.45, 7) is 2.72. The number of likely N-dealkylation sites (tertiary alicyclic amines) is 1. The molecule has 1 aromatic heterocycles. The monoisotopic (exact) mass is 654 g/mol. The van der Waals surface area contributed by atoms with Crippen LogP contribution in [0.4, 0.5) is 4.39 Å². The highest BCUT2D eigenvalue weighted by Gasteiger charge is 2.45. The molecule has 3 aliphatic rings. The van der Waals surface area contributed by atoms with Crippen LogP contribution in [0.25, 0.3) is 0 Å². The van der Waals surface area contributed by atoms with E-state index in [1.165, 1.54) is 25.3 Å². The van der Waals surface area contributed by atoms with E-state index in [1.54, 1.807) is 72.6 Å². The molecule has 1 spiro atoms. The van der Waals surface area contributed by atoms with Crippen LogP contribution < -0.4 is 29.6 Å². The molecule has 7 rings (SSSR count). The number of benzene rings is 3. The van der Waals surface area contributed by atoms with Crippen LogP contribution in [0, 0.1) is 12.7 Å². The number of aromatic nitrogens is 1. The smallest absolute Gasteiger partial charge is 0.264 e. The molecular formula is C36H35FN4O7. The van der Waals surface area contributed by atoms with Gasteiger partial charge in [0.25, 0.3) is 17.7 Å². The lowest BCUT2D eigenvalue weighted by Crippen LogP contribution is -2.58. The number of halogens is 1. The first-order valence-electron chi connectivity index (χ1n) is 15.6. The van der Waals surface area contributed by atoms with Crippen LogP contribution in [0.15, 0.2) is 79.0 Å². The summed E-state index contributed by atoms with van der Waals surface area (Å²) in [5.41, 5.74) is 0.579. The maximum atomic E-state index is 14.8. The molecule has 3 aromatic carbocycles. The highest BCUT2D eigenvalue weighted by molar-refractivity contribution is 5.96. The van der Waals surface area contributed by atoms with Crippen LogP contribution >= 0.6 is 0 Å². The fourth-order valence-electron chi connectivity index (χ4n) is 5.74. The standard InChI is InChI=1S/C36H35FN4O7/c1-23-30(4-3-13-38-23)34(43)41-15-11-36(12-16-41)35(44)40-22-24-18-26(37)21-29(19-24)47-32-20-25(5-10-31(32)45-2)33(42)39-14-17-46-27-6-8-28(48-36)9-7-27/h3-10,13,18-21H,11-12,14-17,22H2,1-2H3,(H,39,42)(H,40,44). The minimum atomic E-state index is -1.31. The Morgan fingerprint density at radius 3 is 2.48 bits per heavy atom. The van der Waals surface area contributed by atoms with Gasteiger partial charge in [-0.3, -0.25) is 19.4 Å². The Labute approximate surface area is 277 Å². The molecular weight excluding hydrogens is 619 g/mol. The molecule has 12 heteroatoms. The fourth-order valence-corrected chi connectivity index (χ4v) is 5.74. The maximum Gasteiger partial charge on any atom is 0.264 e. The van der Waals surface area contributed by atoms with Gasteiger partial charge >= 0.3 is 0 Å². The van der Waals surface area contributed by atoms with E-state index in [4.69, 9.17) is 18.9 Å². The van der Waals surface area contributed by atoms with E-state index >= 15 is 0 Å². The van der Waals surface area contributed by atoms with Gasteiger partial charge in [-0.1, -0.05) is 0 Å². The molecule has 0 unspecified atom stereocenters. The summed E-state index contributed by atoms with van der Waals surface area (Å²) in [6, 6.07) is 19.1. The van der Waals surface area contributed by atoms with Crippen molar-refractivity contribution < 1.29 is 37.7 Å². The summed E-state index contributed by atoms with van der Waals surface area (Å²) in [7, 11) is 1.46. The molecule has 0 saturated carbocycles. The van der Waals surface area contributed by atoms with Gasteiger partial charge in [0.2, 0.25) is 0 Å². The molecule has 3 amide bonds. The normalized spacial score (nSPS) is 16.4. The van der Waals surface area contributed by atoms with Crippen LogP contribution in [-0.2, 0) is 11.3 Å². The molecule has 11 nitrogen and oxygen atoms in total. The van der Waals surface area contributed by atoms with Crippen molar-refractivity contribution in [1.82, 2.24) is 20.5 Å². The number of aryl methyl sites for hydroxylation is 1. The number of methoxy groups -OCH3 is 1. The first-order valence-corrected chi connectivity index (χ1v) is 15.6. The average molecular weight is 655 g/mol. The number of carbonyl (C=O) groups is 3. The number of fused-ring (bicyclic) bond motifs is 8. The summed E-state index contributed by atoms with van der Waals surface area (Å²) in [6.07, 6.45) is 2.07. The molecule has 3 aliphatic heterocycles. The molecule has 0 aliphatic carbocycles. The Hall–Kier alpha value is -5.65. The van der Waals surface area contributed by atoms with Crippen LogP contribution in [0.3, 0.4) is 0 Å². The third kappa shape index (κ3) is 7.17. The van der Waals surface area contributed by atoms with Gasteiger partial charge in [0.1, 0.15) is 29.7 Å². The van der Waals surface area contributed by atoms with Crippen molar-refractivity contribution in [3.63, 3.8) is 0 Å². The number of amides is 3. The van der Waals surface area contributed by atoms with Crippen molar-refractivity contribution in [3.8, 4) is 28.7 Å². The number of piperidine rings is 1. The molecule has 1 saturated heterocycles. The van der Waals surface area contributed by atoms with Crippen LogP contribution in [-0.4, -0.2) is 66.6 Å². The van der Waals surface area contributed by atoms with Crippen molar-refractivity contribution in [3.05, 3.63) is 107 Å². The van der Waals surface area contributed by atoms with Gasteiger partial charge in [-0.05, 0) is 79.2 Å². The predicted molar refractivity (Wildman–Crippen MR) is 173 cm³/mol. The molecule has 0 atom stereocenters. The predicted octanol–water partition coefficient (Wildman–Crippen LogP) is 4.82. The lowest BCUT2D eigenvalue weighted by molar-refractivity contribution is -0.141. The van der Waals surface area contributed by atoms with Crippen LogP contribution in [0.1, 0.15) is 44.8 Å². The zero-order chi connectivity index (χ0) is 33.7. The molecule has 6 bridgehead atoms. The minimum Gasteiger partial charge on any atom is -0.493 e. The van der Waals surface area contributed by atoms with Crippen LogP contribution in [0.5, 0.6) is 28.7 Å². The van der Waals surface area contributed by atoms with E-state index in [1.807, 2.05) is 0 Å². The molecule has 4 aromatic rings. The molecule has 48 heavy (non-hydrogen) atoms. The van der Waals surface area contributed by atoms with E-state index < -0.39 is 17.3 Å². The molecule has 2 N–H and O–H groups in total. The second-order valence-corrected chi connectivity index (χ2v) is 11.5. The lowest BCUT2D eigenvalue weighted by Gasteiger charge is -2.40. The largest absolute Gasteiger partial charge is 0.493 e. The molecule has 0 radical (unpaired) electrons. The summed E-state index contributed by atoms with van der Waals surface area (Å²) >= 11 is 0. The van der Waals surface area contributed by atoms with Gasteiger partial charge in [0, 0.05) is 56.0 Å². The molecule has 1 fully saturated rings. The third-order valence-corrected chi connectivity index (χ3v) is 8.34. The number of nitrogens with zero attached hydrogens (tertiary/aromatic N) is 2. The summed E-state index contributed by atoms with van der Waals surface area (Å²) in [4.78, 5) is 46.1. The van der Waals surface area contributed by atoms with Crippen molar-refractivity contribution >= 4 is 17.7 Å². The van der Waals surface area contributed by atoms with Crippen molar-refractivity contribution in [1.29, 1.82) is 0 Å². The van der Waals surface area contributed by atoms with E-state index in [0.29, 0.717) is 39.6 Å². The highest BCUT2D eigenvalue weighted by Crippen LogP contribution is 2.34. The van der Waals surface area contributed by atoms with Gasteiger partial charge in [0.05, 0.1) is 19.2 Å². The average Bonchev–Trinajstić information content (AvgIpc) is 3.09. The van der Waals surface area contributed by atoms with E-state index in [9.17, 15) is 18.8 Å². The second-order valence-electron chi connectivity index (χ2n) is 11.5. The van der Waals surface area contributed by atoms with E-state index in [2.05, 4.69) is 15.6 Å². The first-order chi connectivity index (χ1) is 23.2. The van der Waals surface area contributed by atoms with E-state index in [0.717, 1.165) is 0 Å². The zero-order valence-corrected chi connectivity index (χ0v) is 26.6. The summed E-state index contributed by atoms with van der Waals surface area (Å²) < 4.78 is 38.5. The number of hydrogen-bond donors (Lipinski definition) is 2. The summed E-state index contributed by atoms with van der Waals surface area (Å²) in [5.74, 6) is 0.209. The number of carbonyl (C=O) groups excluding carboxylic acids is 3. The Morgan fingerprint density at radius 2 is 1.73 bits per heavy atom. The Bertz CT molecular complexity index is 1820. The lowest BCUT2D eigenvalue weighted by atomic mass is 9.89. The highest BCUT2D eigenvalue weighted by atomic mass is 19.1. The van der Waals surface area contributed by atoms with Gasteiger partial charge in [-0.15, -0.1) is 0 Å². The van der Waals surface area contributed by atoms with Gasteiger partial charge in [0.15, 0.2) is 17.1 Å². The number of ether oxygens (including phenoxy) is 4. The number of nitrogens with one attached hydrogen (secondary N) is 2. The van der Waals surface area contributed by atoms with E-state index in [-0.39, 0.29) is 68.9 Å². The Balaban J connectivity index is 1.28. The molecule has 248 valence electrons. The molecule has 4 heterocycles. The van der Waals surface area contributed by atoms with Crippen molar-refractivity contribution in [2.24, 2.45) is 0 Å². The summed E-state index contributed by atoms with van der Waals surface area (Å²) in [5, 5.41) is 5.73. The topological polar surface area (TPSA) is 128 Å². The van der Waals surface area contributed by atoms with Gasteiger partial charge < -0.3 is 34.5 Å². The Morgan fingerprint density at radius 1 is 0.958 bits per heavy atom. The minimum absolute atomic E-state index is 0.0258. The maximum absolute atomic E-state index is 14.8. The third-order valence-electron chi connectivity index (χ3n) is 8.34. The number of rotatable bonds is 2. The number of pyridine rings is 1. The second kappa shape index (κ2) is 14.0. The zero-order valence-electron chi connectivity index (χ0n) is 26.6. The van der Waals surface area contributed by atoms with Crippen molar-refractivity contribution in [2.45, 2.75) is 31.9 Å². The van der Waals surface area contributed by atoms with Gasteiger partial charge in [-0.2, -0.15) is 0 Å². The van der Waals surface area contributed by atoms with Crippen molar-refractivity contribution in [2.75, 3.05) is 33.4 Å². The van der Waals surface area contributed by atoms with Crippen LogP contribution in [0.2, 0.25) is 0 Å². The SMILES string of the molecule is COc1ccc2cc1Oc1cc(F)cc(c1)CNC(=O)C1(CCN(C(=O)c3cccnc3C)CC1)Oc1ccc(cc1)OCCNC2=O. The Kier molecular flexibility index (Phi) is 9.42. The quantitative estimate of drug-likeness (QED) is 0.315. The van der Waals surface area contributed by atoms with Gasteiger partial charge in [-0.25, -0.2) is 4.39 Å².